The van der Waals surface area contributed by atoms with Crippen LogP contribution >= 0.6 is 0 Å². The van der Waals surface area contributed by atoms with Gasteiger partial charge in [0.25, 0.3) is 0 Å². The summed E-state index contributed by atoms with van der Waals surface area (Å²) in [5.74, 6) is 0.705. The zero-order valence-corrected chi connectivity index (χ0v) is 12.0. The highest BCUT2D eigenvalue weighted by molar-refractivity contribution is 5.43. The largest absolute Gasteiger partial charge is 0.491 e. The van der Waals surface area contributed by atoms with E-state index in [9.17, 15) is 5.11 Å². The van der Waals surface area contributed by atoms with E-state index in [4.69, 9.17) is 10.5 Å². The standard InChI is InChI=1S/C15H26N2O2/c1-3-8-17(9-4-2)11-14(18)12-19-15-7-5-6-13(16)10-15/h5-7,10,14,18H,3-4,8-9,11-12,16H2,1-2H3. The fraction of sp³-hybridized carbons (Fsp3) is 0.600. The SMILES string of the molecule is CCCN(CCC)CC(O)COc1cccc(N)c1. The van der Waals surface area contributed by atoms with Crippen molar-refractivity contribution in [3.8, 4) is 5.75 Å². The second-order valence-corrected chi connectivity index (χ2v) is 4.84. The molecule has 1 unspecified atom stereocenters. The Morgan fingerprint density at radius 1 is 1.26 bits per heavy atom. The third-order valence-corrected chi connectivity index (χ3v) is 2.85. The molecule has 4 nitrogen and oxygen atoms in total. The first-order chi connectivity index (χ1) is 9.15. The molecule has 0 amide bonds. The summed E-state index contributed by atoms with van der Waals surface area (Å²) in [6, 6.07) is 7.27. The lowest BCUT2D eigenvalue weighted by Crippen LogP contribution is -2.36. The number of rotatable bonds is 9. The van der Waals surface area contributed by atoms with Gasteiger partial charge in [-0.05, 0) is 38.1 Å². The summed E-state index contributed by atoms with van der Waals surface area (Å²) in [6.45, 7) is 7.29. The quantitative estimate of drug-likeness (QED) is 0.672. The maximum Gasteiger partial charge on any atom is 0.121 e. The van der Waals surface area contributed by atoms with E-state index in [0.29, 0.717) is 24.6 Å². The number of hydrogen-bond donors (Lipinski definition) is 2. The van der Waals surface area contributed by atoms with Crippen molar-refractivity contribution in [3.63, 3.8) is 0 Å². The lowest BCUT2D eigenvalue weighted by molar-refractivity contribution is 0.0682. The van der Waals surface area contributed by atoms with Gasteiger partial charge in [0.05, 0.1) is 0 Å². The summed E-state index contributed by atoms with van der Waals surface area (Å²) in [5.41, 5.74) is 6.35. The molecule has 0 aliphatic carbocycles. The van der Waals surface area contributed by atoms with Gasteiger partial charge in [-0.2, -0.15) is 0 Å². The number of anilines is 1. The molecule has 1 atom stereocenters. The number of hydrogen-bond acceptors (Lipinski definition) is 4. The van der Waals surface area contributed by atoms with Crippen LogP contribution in [0, 0.1) is 0 Å². The van der Waals surface area contributed by atoms with Crippen LogP contribution in [-0.2, 0) is 0 Å². The molecule has 0 saturated carbocycles. The molecule has 19 heavy (non-hydrogen) atoms. The van der Waals surface area contributed by atoms with Gasteiger partial charge < -0.3 is 20.5 Å². The highest BCUT2D eigenvalue weighted by Gasteiger charge is 2.11. The van der Waals surface area contributed by atoms with Crippen molar-refractivity contribution in [2.24, 2.45) is 0 Å². The van der Waals surface area contributed by atoms with E-state index in [1.807, 2.05) is 18.2 Å². The summed E-state index contributed by atoms with van der Waals surface area (Å²) in [6.07, 6.45) is 1.73. The van der Waals surface area contributed by atoms with Crippen LogP contribution in [0.1, 0.15) is 26.7 Å². The van der Waals surface area contributed by atoms with E-state index in [1.54, 1.807) is 6.07 Å². The zero-order valence-electron chi connectivity index (χ0n) is 12.0. The minimum Gasteiger partial charge on any atom is -0.491 e. The Bertz CT molecular complexity index is 352. The molecule has 1 aromatic carbocycles. The summed E-state index contributed by atoms with van der Waals surface area (Å²) < 4.78 is 5.55. The van der Waals surface area contributed by atoms with Gasteiger partial charge in [0, 0.05) is 18.3 Å². The summed E-state index contributed by atoms with van der Waals surface area (Å²) >= 11 is 0. The number of nitrogen functional groups attached to an aromatic ring is 1. The van der Waals surface area contributed by atoms with E-state index in [1.165, 1.54) is 0 Å². The van der Waals surface area contributed by atoms with Crippen molar-refractivity contribution < 1.29 is 9.84 Å². The maximum absolute atomic E-state index is 10.0. The van der Waals surface area contributed by atoms with Gasteiger partial charge in [-0.3, -0.25) is 0 Å². The fourth-order valence-electron chi connectivity index (χ4n) is 2.07. The van der Waals surface area contributed by atoms with Crippen LogP contribution in [0.4, 0.5) is 5.69 Å². The Balaban J connectivity index is 2.35. The van der Waals surface area contributed by atoms with Gasteiger partial charge in [-0.25, -0.2) is 0 Å². The maximum atomic E-state index is 10.0. The molecule has 0 bridgehead atoms. The minimum absolute atomic E-state index is 0.299. The first kappa shape index (κ1) is 15.8. The van der Waals surface area contributed by atoms with Crippen molar-refractivity contribution in [3.05, 3.63) is 24.3 Å². The monoisotopic (exact) mass is 266 g/mol. The summed E-state index contributed by atoms with van der Waals surface area (Å²) in [7, 11) is 0. The first-order valence-corrected chi connectivity index (χ1v) is 7.04. The van der Waals surface area contributed by atoms with Gasteiger partial charge in [0.15, 0.2) is 0 Å². The van der Waals surface area contributed by atoms with Crippen molar-refractivity contribution >= 4 is 5.69 Å². The van der Waals surface area contributed by atoms with Gasteiger partial charge in [0.2, 0.25) is 0 Å². The van der Waals surface area contributed by atoms with Gasteiger partial charge >= 0.3 is 0 Å². The van der Waals surface area contributed by atoms with Crippen molar-refractivity contribution in [2.45, 2.75) is 32.8 Å². The van der Waals surface area contributed by atoms with Gasteiger partial charge in [-0.1, -0.05) is 19.9 Å². The predicted octanol–water partition coefficient (Wildman–Crippen LogP) is 2.13. The molecule has 0 aliphatic rings. The number of nitrogens with zero attached hydrogens (tertiary/aromatic N) is 1. The lowest BCUT2D eigenvalue weighted by atomic mass is 10.3. The van der Waals surface area contributed by atoms with Crippen LogP contribution in [0.25, 0.3) is 0 Å². The molecule has 0 aromatic heterocycles. The Morgan fingerprint density at radius 2 is 1.95 bits per heavy atom. The van der Waals surface area contributed by atoms with E-state index < -0.39 is 6.10 Å². The predicted molar refractivity (Wildman–Crippen MR) is 79.4 cm³/mol. The Kier molecular flexibility index (Phi) is 7.30. The van der Waals surface area contributed by atoms with Crippen molar-refractivity contribution in [1.29, 1.82) is 0 Å². The molecule has 4 heteroatoms. The van der Waals surface area contributed by atoms with Crippen LogP contribution in [0.15, 0.2) is 24.3 Å². The lowest BCUT2D eigenvalue weighted by Gasteiger charge is -2.24. The third-order valence-electron chi connectivity index (χ3n) is 2.85. The van der Waals surface area contributed by atoms with Crippen molar-refractivity contribution in [1.82, 2.24) is 4.90 Å². The topological polar surface area (TPSA) is 58.7 Å². The molecular weight excluding hydrogens is 240 g/mol. The van der Waals surface area contributed by atoms with Crippen LogP contribution in [0.5, 0.6) is 5.75 Å². The molecule has 3 N–H and O–H groups in total. The smallest absolute Gasteiger partial charge is 0.121 e. The van der Waals surface area contributed by atoms with Crippen molar-refractivity contribution in [2.75, 3.05) is 32.0 Å². The van der Waals surface area contributed by atoms with Crippen LogP contribution in [0.3, 0.4) is 0 Å². The van der Waals surface area contributed by atoms with E-state index in [0.717, 1.165) is 25.9 Å². The Labute approximate surface area is 116 Å². The normalized spacial score (nSPS) is 12.6. The average molecular weight is 266 g/mol. The second kappa shape index (κ2) is 8.77. The highest BCUT2D eigenvalue weighted by Crippen LogP contribution is 2.14. The number of aliphatic hydroxyl groups excluding tert-OH is 1. The zero-order chi connectivity index (χ0) is 14.1. The molecule has 0 spiro atoms. The van der Waals surface area contributed by atoms with Crippen LogP contribution in [0.2, 0.25) is 0 Å². The number of ether oxygens (including phenoxy) is 1. The van der Waals surface area contributed by atoms with Crippen LogP contribution < -0.4 is 10.5 Å². The van der Waals surface area contributed by atoms with E-state index >= 15 is 0 Å². The van der Waals surface area contributed by atoms with E-state index in [2.05, 4.69) is 18.7 Å². The first-order valence-electron chi connectivity index (χ1n) is 7.04. The molecule has 1 rings (SSSR count). The molecule has 1 aromatic rings. The molecule has 0 saturated heterocycles. The number of nitrogens with two attached hydrogens (primary N) is 1. The van der Waals surface area contributed by atoms with Gasteiger partial charge in [0.1, 0.15) is 18.5 Å². The van der Waals surface area contributed by atoms with Crippen LogP contribution in [-0.4, -0.2) is 42.4 Å². The fourth-order valence-corrected chi connectivity index (χ4v) is 2.07. The highest BCUT2D eigenvalue weighted by atomic mass is 16.5. The molecule has 0 aliphatic heterocycles. The minimum atomic E-state index is -0.473. The Hall–Kier alpha value is -1.26. The molecule has 108 valence electrons. The number of benzene rings is 1. The molecule has 0 heterocycles. The summed E-state index contributed by atoms with van der Waals surface area (Å²) in [5, 5.41) is 10.0. The summed E-state index contributed by atoms with van der Waals surface area (Å²) in [4.78, 5) is 2.27. The molecule has 0 radical (unpaired) electrons. The molecular formula is C15H26N2O2. The second-order valence-electron chi connectivity index (χ2n) is 4.84. The number of aliphatic hydroxyl groups is 1. The van der Waals surface area contributed by atoms with E-state index in [-0.39, 0.29) is 0 Å². The molecule has 0 fully saturated rings. The third kappa shape index (κ3) is 6.45. The van der Waals surface area contributed by atoms with Gasteiger partial charge in [-0.15, -0.1) is 0 Å². The Morgan fingerprint density at radius 3 is 2.53 bits per heavy atom. The average Bonchev–Trinajstić information content (AvgIpc) is 2.37.